The van der Waals surface area contributed by atoms with Crippen molar-refractivity contribution in [3.63, 3.8) is 0 Å². The maximum atomic E-state index is 12.7. The molecule has 0 bridgehead atoms. The second-order valence-corrected chi connectivity index (χ2v) is 5.45. The molecule has 0 unspecified atom stereocenters. The van der Waals surface area contributed by atoms with Crippen LogP contribution >= 0.6 is 0 Å². The third-order valence-corrected chi connectivity index (χ3v) is 4.00. The lowest BCUT2D eigenvalue weighted by Gasteiger charge is -2.28. The number of carbonyl (C=O) groups excluding carboxylic acids is 2. The van der Waals surface area contributed by atoms with Crippen LogP contribution in [0.25, 0.3) is 0 Å². The van der Waals surface area contributed by atoms with Crippen LogP contribution in [-0.2, 0) is 9.53 Å². The smallest absolute Gasteiger partial charge is 0.325 e. The zero-order chi connectivity index (χ0) is 15.4. The molecule has 1 N–H and O–H groups in total. The van der Waals surface area contributed by atoms with Crippen LogP contribution in [0.5, 0.6) is 5.75 Å². The van der Waals surface area contributed by atoms with E-state index in [1.807, 2.05) is 0 Å². The Labute approximate surface area is 124 Å². The van der Waals surface area contributed by atoms with Gasteiger partial charge in [0.1, 0.15) is 12.3 Å². The first kappa shape index (κ1) is 15.4. The van der Waals surface area contributed by atoms with Gasteiger partial charge in [-0.1, -0.05) is 12.8 Å². The van der Waals surface area contributed by atoms with Gasteiger partial charge in [0.25, 0.3) is 5.91 Å². The SMILES string of the molecule is COC(=O)CN(C(=O)c1ccc(O)c(C)c1)C1CCCC1. The van der Waals surface area contributed by atoms with Crippen molar-refractivity contribution in [3.05, 3.63) is 29.3 Å². The molecule has 114 valence electrons. The van der Waals surface area contributed by atoms with Crippen LogP contribution in [0.4, 0.5) is 0 Å². The van der Waals surface area contributed by atoms with Crippen LogP contribution in [0.15, 0.2) is 18.2 Å². The largest absolute Gasteiger partial charge is 0.508 e. The summed E-state index contributed by atoms with van der Waals surface area (Å²) in [7, 11) is 1.32. The molecular formula is C16H21NO4. The number of methoxy groups -OCH3 is 1. The Hall–Kier alpha value is -2.04. The molecular weight excluding hydrogens is 270 g/mol. The van der Waals surface area contributed by atoms with Gasteiger partial charge in [-0.15, -0.1) is 0 Å². The van der Waals surface area contributed by atoms with Gasteiger partial charge in [0.05, 0.1) is 7.11 Å². The van der Waals surface area contributed by atoms with Gasteiger partial charge < -0.3 is 14.7 Å². The van der Waals surface area contributed by atoms with Crippen LogP contribution in [0.3, 0.4) is 0 Å². The van der Waals surface area contributed by atoms with E-state index in [9.17, 15) is 14.7 Å². The maximum absolute atomic E-state index is 12.7. The number of esters is 1. The Bertz CT molecular complexity index is 535. The summed E-state index contributed by atoms with van der Waals surface area (Å²) in [5, 5.41) is 9.56. The van der Waals surface area contributed by atoms with Crippen molar-refractivity contribution >= 4 is 11.9 Å². The summed E-state index contributed by atoms with van der Waals surface area (Å²) < 4.78 is 4.70. The third kappa shape index (κ3) is 3.54. The lowest BCUT2D eigenvalue weighted by atomic mass is 10.1. The second kappa shape index (κ2) is 6.61. The average molecular weight is 291 g/mol. The van der Waals surface area contributed by atoms with E-state index in [1.165, 1.54) is 13.2 Å². The second-order valence-electron chi connectivity index (χ2n) is 5.45. The number of benzene rings is 1. The molecule has 0 atom stereocenters. The summed E-state index contributed by atoms with van der Waals surface area (Å²) in [6.45, 7) is 1.71. The fourth-order valence-electron chi connectivity index (χ4n) is 2.74. The lowest BCUT2D eigenvalue weighted by Crippen LogP contribution is -2.42. The molecule has 0 aliphatic heterocycles. The highest BCUT2D eigenvalue weighted by atomic mass is 16.5. The van der Waals surface area contributed by atoms with Crippen molar-refractivity contribution in [3.8, 4) is 5.75 Å². The van der Waals surface area contributed by atoms with Crippen LogP contribution in [0, 0.1) is 6.92 Å². The first-order valence-electron chi connectivity index (χ1n) is 7.20. The minimum Gasteiger partial charge on any atom is -0.508 e. The first-order valence-corrected chi connectivity index (χ1v) is 7.20. The van der Waals surface area contributed by atoms with Crippen LogP contribution in [-0.4, -0.2) is 41.6 Å². The molecule has 1 amide bonds. The molecule has 1 aromatic carbocycles. The Morgan fingerprint density at radius 1 is 1.33 bits per heavy atom. The van der Waals surface area contributed by atoms with Crippen LogP contribution in [0.1, 0.15) is 41.6 Å². The van der Waals surface area contributed by atoms with Gasteiger partial charge >= 0.3 is 5.97 Å². The van der Waals surface area contributed by atoms with Crippen molar-refractivity contribution in [1.29, 1.82) is 0 Å². The van der Waals surface area contributed by atoms with Crippen molar-refractivity contribution in [2.75, 3.05) is 13.7 Å². The highest BCUT2D eigenvalue weighted by Gasteiger charge is 2.29. The predicted octanol–water partition coefficient (Wildman–Crippen LogP) is 2.26. The van der Waals surface area contributed by atoms with E-state index >= 15 is 0 Å². The fourth-order valence-corrected chi connectivity index (χ4v) is 2.74. The number of hydrogen-bond acceptors (Lipinski definition) is 4. The number of carbonyl (C=O) groups is 2. The summed E-state index contributed by atoms with van der Waals surface area (Å²) in [6.07, 6.45) is 3.98. The Balaban J connectivity index is 2.23. The van der Waals surface area contributed by atoms with Gasteiger partial charge in [-0.2, -0.15) is 0 Å². The van der Waals surface area contributed by atoms with Crippen molar-refractivity contribution in [2.24, 2.45) is 0 Å². The van der Waals surface area contributed by atoms with Gasteiger partial charge in [-0.05, 0) is 43.5 Å². The molecule has 0 spiro atoms. The molecule has 1 aliphatic carbocycles. The topological polar surface area (TPSA) is 66.8 Å². The van der Waals surface area contributed by atoms with Crippen molar-refractivity contribution < 1.29 is 19.4 Å². The lowest BCUT2D eigenvalue weighted by molar-refractivity contribution is -0.141. The minimum absolute atomic E-state index is 0.0279. The van der Waals surface area contributed by atoms with Gasteiger partial charge in [-0.3, -0.25) is 9.59 Å². The summed E-state index contributed by atoms with van der Waals surface area (Å²) in [5.74, 6) is -0.437. The number of nitrogens with zero attached hydrogens (tertiary/aromatic N) is 1. The van der Waals surface area contributed by atoms with Crippen molar-refractivity contribution in [2.45, 2.75) is 38.6 Å². The maximum Gasteiger partial charge on any atom is 0.325 e. The third-order valence-electron chi connectivity index (χ3n) is 4.00. The Morgan fingerprint density at radius 2 is 2.00 bits per heavy atom. The number of aryl methyl sites for hydroxylation is 1. The molecule has 0 heterocycles. The number of phenolic OH excluding ortho intramolecular Hbond substituents is 1. The monoisotopic (exact) mass is 291 g/mol. The number of phenols is 1. The molecule has 1 saturated carbocycles. The molecule has 1 aliphatic rings. The summed E-state index contributed by atoms with van der Waals surface area (Å²) >= 11 is 0. The number of ether oxygens (including phenoxy) is 1. The van der Waals surface area contributed by atoms with Crippen molar-refractivity contribution in [1.82, 2.24) is 4.90 Å². The average Bonchev–Trinajstić information content (AvgIpc) is 3.00. The number of hydrogen-bond donors (Lipinski definition) is 1. The predicted molar refractivity (Wildman–Crippen MR) is 78.2 cm³/mol. The molecule has 0 aromatic heterocycles. The van der Waals surface area contributed by atoms with E-state index in [0.717, 1.165) is 25.7 Å². The fraction of sp³-hybridized carbons (Fsp3) is 0.500. The Kier molecular flexibility index (Phi) is 4.83. The molecule has 2 rings (SSSR count). The van der Waals surface area contributed by atoms with Crippen LogP contribution < -0.4 is 0 Å². The minimum atomic E-state index is -0.411. The summed E-state index contributed by atoms with van der Waals surface area (Å²) in [5.41, 5.74) is 1.13. The molecule has 1 fully saturated rings. The molecule has 5 heteroatoms. The normalized spacial score (nSPS) is 15.0. The van der Waals surface area contributed by atoms with Gasteiger partial charge in [-0.25, -0.2) is 0 Å². The quantitative estimate of drug-likeness (QED) is 0.864. The van der Waals surface area contributed by atoms with Gasteiger partial charge in [0.15, 0.2) is 0 Å². The first-order chi connectivity index (χ1) is 10.0. The number of rotatable bonds is 4. The zero-order valence-electron chi connectivity index (χ0n) is 12.5. The van der Waals surface area contributed by atoms with E-state index in [2.05, 4.69) is 0 Å². The molecule has 21 heavy (non-hydrogen) atoms. The Morgan fingerprint density at radius 3 is 2.57 bits per heavy atom. The highest BCUT2D eigenvalue weighted by Crippen LogP contribution is 2.26. The number of amides is 1. The molecule has 0 saturated heterocycles. The summed E-state index contributed by atoms with van der Waals surface area (Å²) in [6, 6.07) is 4.83. The van der Waals surface area contributed by atoms with E-state index < -0.39 is 5.97 Å². The van der Waals surface area contributed by atoms with E-state index in [-0.39, 0.29) is 24.2 Å². The van der Waals surface area contributed by atoms with E-state index in [1.54, 1.807) is 24.0 Å². The highest BCUT2D eigenvalue weighted by molar-refractivity contribution is 5.96. The number of aromatic hydroxyl groups is 1. The summed E-state index contributed by atoms with van der Waals surface area (Å²) in [4.78, 5) is 25.9. The molecule has 5 nitrogen and oxygen atoms in total. The van der Waals surface area contributed by atoms with Gasteiger partial charge in [0, 0.05) is 11.6 Å². The zero-order valence-corrected chi connectivity index (χ0v) is 12.5. The molecule has 1 aromatic rings. The van der Waals surface area contributed by atoms with E-state index in [4.69, 9.17) is 4.74 Å². The molecule has 0 radical (unpaired) electrons. The van der Waals surface area contributed by atoms with Gasteiger partial charge in [0.2, 0.25) is 0 Å². The standard InChI is InChI=1S/C16H21NO4/c1-11-9-12(7-8-14(11)18)16(20)17(10-15(19)21-2)13-5-3-4-6-13/h7-9,13,18H,3-6,10H2,1-2H3. The van der Waals surface area contributed by atoms with Crippen LogP contribution in [0.2, 0.25) is 0 Å². The van der Waals surface area contributed by atoms with E-state index in [0.29, 0.717) is 11.1 Å².